The summed E-state index contributed by atoms with van der Waals surface area (Å²) in [4.78, 5) is 25.6. The van der Waals surface area contributed by atoms with Gasteiger partial charge in [0.05, 0.1) is 19.3 Å². The molecule has 2 aromatic carbocycles. The van der Waals surface area contributed by atoms with E-state index in [9.17, 15) is 9.59 Å². The van der Waals surface area contributed by atoms with Crippen LogP contribution in [-0.4, -0.2) is 36.9 Å². The Morgan fingerprint density at radius 2 is 1.81 bits per heavy atom. The van der Waals surface area contributed by atoms with Crippen molar-refractivity contribution in [2.45, 2.75) is 19.9 Å². The number of para-hydroxylation sites is 2. The van der Waals surface area contributed by atoms with Gasteiger partial charge in [-0.25, -0.2) is 0 Å². The van der Waals surface area contributed by atoms with Crippen molar-refractivity contribution in [1.82, 2.24) is 4.90 Å². The molecular formula is C20H25N3O3. The molecule has 0 radical (unpaired) electrons. The summed E-state index contributed by atoms with van der Waals surface area (Å²) in [5.41, 5.74) is 7.42. The number of carbonyl (C=O) groups excluding carboxylic acids is 2. The fourth-order valence-electron chi connectivity index (χ4n) is 2.70. The van der Waals surface area contributed by atoms with Crippen LogP contribution in [0.4, 0.5) is 5.69 Å². The summed E-state index contributed by atoms with van der Waals surface area (Å²) in [6.45, 7) is 3.74. The lowest BCUT2D eigenvalue weighted by Crippen LogP contribution is -2.33. The second-order valence-corrected chi connectivity index (χ2v) is 6.02. The number of nitrogens with two attached hydrogens (primary N) is 1. The maximum absolute atomic E-state index is 12.4. The van der Waals surface area contributed by atoms with E-state index in [1.54, 1.807) is 25.3 Å². The summed E-state index contributed by atoms with van der Waals surface area (Å²) in [5, 5.41) is 2.89. The van der Waals surface area contributed by atoms with Crippen molar-refractivity contribution in [3.63, 3.8) is 0 Å². The fraction of sp³-hybridized carbons (Fsp3) is 0.300. The quantitative estimate of drug-likeness (QED) is 0.724. The zero-order valence-corrected chi connectivity index (χ0v) is 15.2. The molecule has 0 saturated carbocycles. The van der Waals surface area contributed by atoms with Crippen LogP contribution >= 0.6 is 0 Å². The molecule has 0 aliphatic carbocycles. The van der Waals surface area contributed by atoms with Gasteiger partial charge in [-0.1, -0.05) is 31.2 Å². The van der Waals surface area contributed by atoms with Crippen molar-refractivity contribution in [3.8, 4) is 5.75 Å². The smallest absolute Gasteiger partial charge is 0.248 e. The largest absolute Gasteiger partial charge is 0.495 e. The molecule has 138 valence electrons. The van der Waals surface area contributed by atoms with E-state index in [2.05, 4.69) is 17.1 Å². The number of anilines is 1. The normalized spacial score (nSPS) is 10.6. The second kappa shape index (κ2) is 9.58. The molecule has 0 aliphatic rings. The second-order valence-electron chi connectivity index (χ2n) is 6.02. The Balaban J connectivity index is 2.00. The van der Waals surface area contributed by atoms with Crippen LogP contribution in [-0.2, 0) is 11.3 Å². The number of methoxy groups -OCH3 is 1. The third kappa shape index (κ3) is 5.60. The zero-order chi connectivity index (χ0) is 18.9. The molecule has 3 N–H and O–H groups in total. The summed E-state index contributed by atoms with van der Waals surface area (Å²) in [6, 6.07) is 14.5. The predicted molar refractivity (Wildman–Crippen MR) is 102 cm³/mol. The lowest BCUT2D eigenvalue weighted by molar-refractivity contribution is -0.117. The van der Waals surface area contributed by atoms with Gasteiger partial charge < -0.3 is 15.8 Å². The topological polar surface area (TPSA) is 84.7 Å². The molecule has 0 fully saturated rings. The molecule has 0 saturated heterocycles. The summed E-state index contributed by atoms with van der Waals surface area (Å²) in [6.07, 6.45) is 0.932. The first-order valence-corrected chi connectivity index (χ1v) is 8.57. The highest BCUT2D eigenvalue weighted by Gasteiger charge is 2.13. The zero-order valence-electron chi connectivity index (χ0n) is 15.2. The van der Waals surface area contributed by atoms with Crippen LogP contribution in [0, 0.1) is 0 Å². The molecule has 0 aliphatic heterocycles. The SMILES string of the molecule is CCCN(CC(=O)Nc1ccccc1OC)Cc1ccc(C(N)=O)cc1. The molecule has 0 aromatic heterocycles. The number of ether oxygens (including phenoxy) is 1. The van der Waals surface area contributed by atoms with E-state index in [1.807, 2.05) is 30.3 Å². The first-order chi connectivity index (χ1) is 12.5. The first kappa shape index (κ1) is 19.5. The molecule has 6 nitrogen and oxygen atoms in total. The molecule has 0 unspecified atom stereocenters. The van der Waals surface area contributed by atoms with Crippen molar-refractivity contribution in [3.05, 3.63) is 59.7 Å². The Morgan fingerprint density at radius 1 is 1.12 bits per heavy atom. The van der Waals surface area contributed by atoms with Gasteiger partial charge in [-0.2, -0.15) is 0 Å². The molecule has 0 atom stereocenters. The maximum atomic E-state index is 12.4. The van der Waals surface area contributed by atoms with Gasteiger partial charge in [0.2, 0.25) is 11.8 Å². The summed E-state index contributed by atoms with van der Waals surface area (Å²) >= 11 is 0. The van der Waals surface area contributed by atoms with Gasteiger partial charge >= 0.3 is 0 Å². The molecule has 2 rings (SSSR count). The van der Waals surface area contributed by atoms with Gasteiger partial charge in [-0.05, 0) is 42.8 Å². The number of nitrogens with zero attached hydrogens (tertiary/aromatic N) is 1. The number of benzene rings is 2. The Morgan fingerprint density at radius 3 is 2.42 bits per heavy atom. The van der Waals surface area contributed by atoms with Gasteiger partial charge in [0.25, 0.3) is 0 Å². The van der Waals surface area contributed by atoms with Gasteiger partial charge in [-0.3, -0.25) is 14.5 Å². The number of hydrogen-bond donors (Lipinski definition) is 2. The average molecular weight is 355 g/mol. The van der Waals surface area contributed by atoms with E-state index >= 15 is 0 Å². The van der Waals surface area contributed by atoms with Crippen molar-refractivity contribution in [2.75, 3.05) is 25.5 Å². The highest BCUT2D eigenvalue weighted by Crippen LogP contribution is 2.22. The maximum Gasteiger partial charge on any atom is 0.248 e. The molecular weight excluding hydrogens is 330 g/mol. The van der Waals surface area contributed by atoms with Crippen molar-refractivity contribution in [1.29, 1.82) is 0 Å². The number of primary amides is 1. The van der Waals surface area contributed by atoms with E-state index in [4.69, 9.17) is 10.5 Å². The molecule has 0 heterocycles. The van der Waals surface area contributed by atoms with Crippen molar-refractivity contribution in [2.24, 2.45) is 5.73 Å². The van der Waals surface area contributed by atoms with Gasteiger partial charge in [0.15, 0.2) is 0 Å². The predicted octanol–water partition coefficient (Wildman–Crippen LogP) is 2.64. The van der Waals surface area contributed by atoms with E-state index in [0.717, 1.165) is 18.5 Å². The van der Waals surface area contributed by atoms with Gasteiger partial charge in [0.1, 0.15) is 5.75 Å². The standard InChI is InChI=1S/C20H25N3O3/c1-3-12-23(13-15-8-10-16(11-9-15)20(21)25)14-19(24)22-17-6-4-5-7-18(17)26-2/h4-11H,3,12-14H2,1-2H3,(H2,21,25)(H,22,24). The lowest BCUT2D eigenvalue weighted by Gasteiger charge is -2.21. The van der Waals surface area contributed by atoms with Crippen LogP contribution in [0.1, 0.15) is 29.3 Å². The lowest BCUT2D eigenvalue weighted by atomic mass is 10.1. The van der Waals surface area contributed by atoms with Crippen LogP contribution in [0.25, 0.3) is 0 Å². The molecule has 2 amide bonds. The van der Waals surface area contributed by atoms with E-state index < -0.39 is 5.91 Å². The van der Waals surface area contributed by atoms with Crippen LogP contribution in [0.15, 0.2) is 48.5 Å². The minimum atomic E-state index is -0.446. The number of rotatable bonds is 9. The number of hydrogen-bond acceptors (Lipinski definition) is 4. The van der Waals surface area contributed by atoms with E-state index in [0.29, 0.717) is 23.5 Å². The third-order valence-electron chi connectivity index (χ3n) is 3.93. The van der Waals surface area contributed by atoms with E-state index in [1.165, 1.54) is 0 Å². The monoisotopic (exact) mass is 355 g/mol. The fourth-order valence-corrected chi connectivity index (χ4v) is 2.70. The van der Waals surface area contributed by atoms with Crippen molar-refractivity contribution >= 4 is 17.5 Å². The van der Waals surface area contributed by atoms with Gasteiger partial charge in [-0.15, -0.1) is 0 Å². The molecule has 6 heteroatoms. The molecule has 0 bridgehead atoms. The summed E-state index contributed by atoms with van der Waals surface area (Å²) < 4.78 is 5.26. The van der Waals surface area contributed by atoms with Gasteiger partial charge in [0, 0.05) is 12.1 Å². The van der Waals surface area contributed by atoms with Crippen LogP contribution in [0.2, 0.25) is 0 Å². The van der Waals surface area contributed by atoms with Crippen LogP contribution in [0.3, 0.4) is 0 Å². The molecule has 0 spiro atoms. The summed E-state index contributed by atoms with van der Waals surface area (Å²) in [5.74, 6) is 0.0831. The number of nitrogens with one attached hydrogen (secondary N) is 1. The minimum absolute atomic E-state index is 0.100. The number of amides is 2. The van der Waals surface area contributed by atoms with E-state index in [-0.39, 0.29) is 12.5 Å². The summed E-state index contributed by atoms with van der Waals surface area (Å²) in [7, 11) is 1.57. The van der Waals surface area contributed by atoms with Crippen molar-refractivity contribution < 1.29 is 14.3 Å². The minimum Gasteiger partial charge on any atom is -0.495 e. The Hall–Kier alpha value is -2.86. The average Bonchev–Trinajstić information content (AvgIpc) is 2.62. The Bertz CT molecular complexity index is 744. The van der Waals surface area contributed by atoms with Crippen LogP contribution < -0.4 is 15.8 Å². The Kier molecular flexibility index (Phi) is 7.17. The third-order valence-corrected chi connectivity index (χ3v) is 3.93. The number of carbonyl (C=O) groups is 2. The highest BCUT2D eigenvalue weighted by atomic mass is 16.5. The van der Waals surface area contributed by atoms with Crippen LogP contribution in [0.5, 0.6) is 5.75 Å². The molecule has 26 heavy (non-hydrogen) atoms. The first-order valence-electron chi connectivity index (χ1n) is 8.57. The molecule has 2 aromatic rings. The Labute approximate surface area is 153 Å². The highest BCUT2D eigenvalue weighted by molar-refractivity contribution is 5.94.